The van der Waals surface area contributed by atoms with Crippen molar-refractivity contribution < 1.29 is 0 Å². The van der Waals surface area contributed by atoms with Gasteiger partial charge in [0.05, 0.1) is 5.69 Å². The monoisotopic (exact) mass is 566 g/mol. The maximum Gasteiger partial charge on any atom is 0.115 e. The summed E-state index contributed by atoms with van der Waals surface area (Å²) < 4.78 is 0. The third-order valence-corrected chi connectivity index (χ3v) is 7.52. The second-order valence-electron chi connectivity index (χ2n) is 10.5. The van der Waals surface area contributed by atoms with Crippen LogP contribution in [0.15, 0.2) is 182 Å². The summed E-state index contributed by atoms with van der Waals surface area (Å²) in [4.78, 5) is 3.91. The van der Waals surface area contributed by atoms with Gasteiger partial charge in [-0.15, -0.1) is 10.2 Å². The molecule has 0 aliphatic heterocycles. The molecule has 0 amide bonds. The molecule has 1 aromatic heterocycles. The highest BCUT2D eigenvalue weighted by Gasteiger charge is 2.14. The van der Waals surface area contributed by atoms with Gasteiger partial charge in [0, 0.05) is 29.2 Å². The summed E-state index contributed by atoms with van der Waals surface area (Å²) in [5.74, 6) is 0. The van der Waals surface area contributed by atoms with E-state index in [1.54, 1.807) is 4.80 Å². The van der Waals surface area contributed by atoms with E-state index >= 15 is 0 Å². The number of hydrogen-bond acceptors (Lipinski definition) is 3. The van der Waals surface area contributed by atoms with E-state index in [0.29, 0.717) is 0 Å². The number of aromatic nitrogens is 3. The fourth-order valence-electron chi connectivity index (χ4n) is 5.31. The van der Waals surface area contributed by atoms with Gasteiger partial charge in [-0.25, -0.2) is 0 Å². The Labute approximate surface area is 257 Å². The minimum absolute atomic E-state index is 0.820. The van der Waals surface area contributed by atoms with Gasteiger partial charge >= 0.3 is 0 Å². The lowest BCUT2D eigenvalue weighted by atomic mass is 9.97. The molecule has 7 aromatic rings. The lowest BCUT2D eigenvalue weighted by molar-refractivity contribution is 0.766. The van der Waals surface area contributed by atoms with E-state index in [2.05, 4.69) is 151 Å². The fraction of sp³-hybridized carbons (Fsp3) is 0. The Kier molecular flexibility index (Phi) is 7.62. The largest absolute Gasteiger partial charge is 0.323 e. The summed E-state index contributed by atoms with van der Waals surface area (Å²) in [7, 11) is 0. The van der Waals surface area contributed by atoms with E-state index in [4.69, 9.17) is 10.2 Å². The normalized spacial score (nSPS) is 10.7. The topological polar surface area (TPSA) is 34.0 Å². The average molecular weight is 567 g/mol. The van der Waals surface area contributed by atoms with Gasteiger partial charge in [0.25, 0.3) is 0 Å². The molecule has 0 aliphatic carbocycles. The molecular formula is C40H30N4. The van der Waals surface area contributed by atoms with Crippen molar-refractivity contribution in [2.75, 3.05) is 4.90 Å². The molecule has 0 atom stereocenters. The maximum atomic E-state index is 4.85. The van der Waals surface area contributed by atoms with Gasteiger partial charge in [0.2, 0.25) is 0 Å². The Bertz CT molecular complexity index is 1850. The standard InChI is InChI=1S/C40H30N4/c1-6-16-31(17-7-1)37(32-18-8-2-9-19-32)29-43(30-38(33-20-10-3-11-21-33)34-22-12-4-13-23-34)36-26-27-39-40(28-36)42-44(41-39)35-24-14-5-15-25-35/h1-30H. The molecule has 44 heavy (non-hydrogen) atoms. The molecule has 0 N–H and O–H groups in total. The van der Waals surface area contributed by atoms with Crippen molar-refractivity contribution in [3.8, 4) is 5.69 Å². The molecule has 0 radical (unpaired) electrons. The van der Waals surface area contributed by atoms with E-state index in [1.165, 1.54) is 0 Å². The highest BCUT2D eigenvalue weighted by atomic mass is 15.5. The summed E-state index contributed by atoms with van der Waals surface area (Å²) in [5.41, 5.74) is 10.3. The van der Waals surface area contributed by atoms with Crippen LogP contribution in [0, 0.1) is 0 Å². The van der Waals surface area contributed by atoms with Crippen LogP contribution in [0.5, 0.6) is 0 Å². The van der Waals surface area contributed by atoms with Crippen LogP contribution in [0.4, 0.5) is 5.69 Å². The molecule has 0 bridgehead atoms. The highest BCUT2D eigenvalue weighted by Crippen LogP contribution is 2.31. The molecule has 6 aromatic carbocycles. The van der Waals surface area contributed by atoms with Crippen molar-refractivity contribution >= 4 is 27.9 Å². The van der Waals surface area contributed by atoms with E-state index in [9.17, 15) is 0 Å². The second kappa shape index (κ2) is 12.5. The van der Waals surface area contributed by atoms with Gasteiger partial charge < -0.3 is 4.90 Å². The van der Waals surface area contributed by atoms with Crippen LogP contribution in [0.25, 0.3) is 27.9 Å². The minimum Gasteiger partial charge on any atom is -0.323 e. The lowest BCUT2D eigenvalue weighted by Crippen LogP contribution is -2.11. The van der Waals surface area contributed by atoms with Crippen LogP contribution in [-0.2, 0) is 0 Å². The lowest BCUT2D eigenvalue weighted by Gasteiger charge is -2.22. The molecule has 0 saturated carbocycles. The van der Waals surface area contributed by atoms with Crippen LogP contribution < -0.4 is 4.90 Å². The Balaban J connectivity index is 1.44. The second-order valence-corrected chi connectivity index (χ2v) is 10.5. The van der Waals surface area contributed by atoms with Gasteiger partial charge in [-0.2, -0.15) is 4.80 Å². The number of benzene rings is 6. The average Bonchev–Trinajstić information content (AvgIpc) is 3.54. The third kappa shape index (κ3) is 5.83. The number of rotatable bonds is 8. The van der Waals surface area contributed by atoms with Gasteiger partial charge in [0.1, 0.15) is 11.0 Å². The van der Waals surface area contributed by atoms with E-state index in [-0.39, 0.29) is 0 Å². The van der Waals surface area contributed by atoms with Gasteiger partial charge in [0.15, 0.2) is 0 Å². The van der Waals surface area contributed by atoms with Crippen molar-refractivity contribution in [1.82, 2.24) is 15.0 Å². The summed E-state index contributed by atoms with van der Waals surface area (Å²) >= 11 is 0. The number of nitrogens with zero attached hydrogens (tertiary/aromatic N) is 4. The van der Waals surface area contributed by atoms with Crippen molar-refractivity contribution in [1.29, 1.82) is 0 Å². The number of fused-ring (bicyclic) bond motifs is 1. The number of hydrogen-bond donors (Lipinski definition) is 0. The highest BCUT2D eigenvalue weighted by molar-refractivity contribution is 5.87. The first-order valence-electron chi connectivity index (χ1n) is 14.7. The summed E-state index contributed by atoms with van der Waals surface area (Å²) in [6, 6.07) is 58.4. The zero-order chi connectivity index (χ0) is 29.6. The fourth-order valence-corrected chi connectivity index (χ4v) is 5.31. The maximum absolute atomic E-state index is 4.85. The number of para-hydroxylation sites is 1. The Hall–Kier alpha value is -6.00. The molecule has 4 heteroatoms. The quantitative estimate of drug-likeness (QED) is 0.184. The molecule has 7 rings (SSSR count). The molecule has 0 fully saturated rings. The predicted molar refractivity (Wildman–Crippen MR) is 181 cm³/mol. The van der Waals surface area contributed by atoms with Gasteiger partial charge in [-0.3, -0.25) is 0 Å². The molecular weight excluding hydrogens is 536 g/mol. The molecule has 4 nitrogen and oxygen atoms in total. The predicted octanol–water partition coefficient (Wildman–Crippen LogP) is 9.41. The van der Waals surface area contributed by atoms with E-state index in [0.717, 1.165) is 55.8 Å². The molecule has 1 heterocycles. The Morgan fingerprint density at radius 3 is 1.25 bits per heavy atom. The number of anilines is 1. The summed E-state index contributed by atoms with van der Waals surface area (Å²) in [6.07, 6.45) is 4.44. The van der Waals surface area contributed by atoms with Crippen LogP contribution >= 0.6 is 0 Å². The molecule has 0 saturated heterocycles. The van der Waals surface area contributed by atoms with Crippen molar-refractivity contribution in [2.24, 2.45) is 0 Å². The zero-order valence-corrected chi connectivity index (χ0v) is 24.1. The van der Waals surface area contributed by atoms with E-state index in [1.807, 2.05) is 36.4 Å². The van der Waals surface area contributed by atoms with Crippen LogP contribution in [0.1, 0.15) is 22.3 Å². The molecule has 0 aliphatic rings. The Morgan fingerprint density at radius 2 is 0.818 bits per heavy atom. The third-order valence-electron chi connectivity index (χ3n) is 7.52. The first kappa shape index (κ1) is 26.9. The molecule has 210 valence electrons. The van der Waals surface area contributed by atoms with E-state index < -0.39 is 0 Å². The van der Waals surface area contributed by atoms with Crippen LogP contribution in [0.3, 0.4) is 0 Å². The smallest absolute Gasteiger partial charge is 0.115 e. The first-order chi connectivity index (χ1) is 21.8. The van der Waals surface area contributed by atoms with Crippen molar-refractivity contribution in [2.45, 2.75) is 0 Å². The van der Waals surface area contributed by atoms with Crippen molar-refractivity contribution in [3.63, 3.8) is 0 Å². The first-order valence-corrected chi connectivity index (χ1v) is 14.7. The van der Waals surface area contributed by atoms with Crippen LogP contribution in [-0.4, -0.2) is 15.0 Å². The van der Waals surface area contributed by atoms with Crippen molar-refractivity contribution in [3.05, 3.63) is 205 Å². The SMILES string of the molecule is C(=C(c1ccccc1)c1ccccc1)N(C=C(c1ccccc1)c1ccccc1)c1ccc2nn(-c3ccccc3)nc2c1. The minimum atomic E-state index is 0.820. The summed E-state index contributed by atoms with van der Waals surface area (Å²) in [5, 5.41) is 9.61. The summed E-state index contributed by atoms with van der Waals surface area (Å²) in [6.45, 7) is 0. The Morgan fingerprint density at radius 1 is 0.432 bits per heavy atom. The van der Waals surface area contributed by atoms with Gasteiger partial charge in [-0.1, -0.05) is 140 Å². The molecule has 0 spiro atoms. The van der Waals surface area contributed by atoms with Gasteiger partial charge in [-0.05, 0) is 52.6 Å². The van der Waals surface area contributed by atoms with Crippen LogP contribution in [0.2, 0.25) is 0 Å². The molecule has 0 unspecified atom stereocenters. The zero-order valence-electron chi connectivity index (χ0n) is 24.1.